The van der Waals surface area contributed by atoms with E-state index in [-0.39, 0.29) is 17.4 Å². The Kier molecular flexibility index (Phi) is 5.93. The number of carboxylic acids is 1. The van der Waals surface area contributed by atoms with Crippen LogP contribution in [0.25, 0.3) is 0 Å². The van der Waals surface area contributed by atoms with Crippen molar-refractivity contribution in [2.45, 2.75) is 13.0 Å². The summed E-state index contributed by atoms with van der Waals surface area (Å²) in [7, 11) is 0. The van der Waals surface area contributed by atoms with Crippen LogP contribution < -0.4 is 0 Å². The maximum absolute atomic E-state index is 9.45. The number of hydrogen-bond acceptors (Lipinski definition) is 2. The van der Waals surface area contributed by atoms with Gasteiger partial charge in [0.15, 0.2) is 0 Å². The molecule has 0 spiro atoms. The Balaban J connectivity index is 0. The van der Waals surface area contributed by atoms with E-state index < -0.39 is 12.1 Å². The molecule has 2 N–H and O–H groups in total. The Labute approximate surface area is 52.1 Å². The largest absolute Gasteiger partial charge is 3.00 e. The van der Waals surface area contributed by atoms with E-state index in [0.29, 0.717) is 0 Å². The van der Waals surface area contributed by atoms with Gasteiger partial charge in [0.2, 0.25) is 0 Å². The molecule has 0 bridgehead atoms. The summed E-state index contributed by atoms with van der Waals surface area (Å²) < 4.78 is 0. The molecule has 0 heterocycles. The van der Waals surface area contributed by atoms with Gasteiger partial charge in [-0.05, 0) is 6.92 Å². The van der Waals surface area contributed by atoms with Crippen molar-refractivity contribution in [1.29, 1.82) is 0 Å². The van der Waals surface area contributed by atoms with E-state index >= 15 is 0 Å². The molecule has 4 heteroatoms. The second-order valence-corrected chi connectivity index (χ2v) is 1.01. The first-order chi connectivity index (χ1) is 2.64. The minimum atomic E-state index is -1.23. The van der Waals surface area contributed by atoms with Gasteiger partial charge in [-0.2, -0.15) is 0 Å². The van der Waals surface area contributed by atoms with Crippen LogP contribution in [0.3, 0.4) is 0 Å². The molecular weight excluding hydrogens is 136 g/mol. The SMILES string of the molecule is CC(O)C(=O)O.[Cr+3]. The van der Waals surface area contributed by atoms with Gasteiger partial charge >= 0.3 is 23.3 Å². The summed E-state index contributed by atoms with van der Waals surface area (Å²) in [6.45, 7) is 1.20. The molecule has 0 saturated carbocycles. The maximum atomic E-state index is 9.45. The van der Waals surface area contributed by atoms with Crippen molar-refractivity contribution < 1.29 is 32.4 Å². The zero-order valence-electron chi connectivity index (χ0n) is 3.79. The standard InChI is InChI=1S/C3H6O3.Cr/c1-2(4)3(5)6;/h2,4H,1H3,(H,5,6);/q;+3. The molecule has 0 aromatic heterocycles. The van der Waals surface area contributed by atoms with Crippen LogP contribution in [0.2, 0.25) is 0 Å². The molecule has 0 aromatic carbocycles. The van der Waals surface area contributed by atoms with Gasteiger partial charge in [-0.1, -0.05) is 0 Å². The summed E-state index contributed by atoms with van der Waals surface area (Å²) in [5.41, 5.74) is 0. The molecule has 39 valence electrons. The molecule has 0 aliphatic heterocycles. The Morgan fingerprint density at radius 1 is 1.71 bits per heavy atom. The molecule has 3 nitrogen and oxygen atoms in total. The number of rotatable bonds is 1. The minimum Gasteiger partial charge on any atom is -0.479 e. The van der Waals surface area contributed by atoms with Crippen LogP contribution in [0.5, 0.6) is 0 Å². The fourth-order valence-electron chi connectivity index (χ4n) is 0. The van der Waals surface area contributed by atoms with Gasteiger partial charge < -0.3 is 10.2 Å². The fraction of sp³-hybridized carbons (Fsp3) is 0.667. The second-order valence-electron chi connectivity index (χ2n) is 1.01. The molecule has 7 heavy (non-hydrogen) atoms. The zero-order valence-corrected chi connectivity index (χ0v) is 5.06. The number of aliphatic hydroxyl groups is 1. The minimum absolute atomic E-state index is 0. The van der Waals surface area contributed by atoms with Crippen LogP contribution in [0.1, 0.15) is 6.92 Å². The third-order valence-electron chi connectivity index (χ3n) is 0.357. The molecule has 1 radical (unpaired) electrons. The summed E-state index contributed by atoms with van der Waals surface area (Å²) in [6, 6.07) is 0. The van der Waals surface area contributed by atoms with Crippen molar-refractivity contribution in [3.8, 4) is 0 Å². The Bertz CT molecular complexity index is 61.2. The Morgan fingerprint density at radius 3 is 1.86 bits per heavy atom. The number of carboxylic acid groups (broad SMARTS) is 1. The average molecular weight is 142 g/mol. The molecule has 0 aromatic rings. The normalized spacial score (nSPS) is 11.7. The average Bonchev–Trinajstić information content (AvgIpc) is 1.36. The molecule has 1 atom stereocenters. The number of aliphatic carboxylic acids is 1. The predicted molar refractivity (Wildman–Crippen MR) is 19.3 cm³/mol. The first-order valence-corrected chi connectivity index (χ1v) is 1.55. The first kappa shape index (κ1) is 10.1. The molecule has 0 fully saturated rings. The predicted octanol–water partition coefficient (Wildman–Crippen LogP) is -0.551. The van der Waals surface area contributed by atoms with Crippen LogP contribution in [0.4, 0.5) is 0 Å². The van der Waals surface area contributed by atoms with Crippen molar-refractivity contribution in [2.24, 2.45) is 0 Å². The van der Waals surface area contributed by atoms with Crippen LogP contribution >= 0.6 is 0 Å². The summed E-state index contributed by atoms with van der Waals surface area (Å²) in [6.07, 6.45) is -1.23. The van der Waals surface area contributed by atoms with Crippen molar-refractivity contribution in [1.82, 2.24) is 0 Å². The fourth-order valence-corrected chi connectivity index (χ4v) is 0. The van der Waals surface area contributed by atoms with Gasteiger partial charge in [-0.15, -0.1) is 0 Å². The maximum Gasteiger partial charge on any atom is 3.00 e. The van der Waals surface area contributed by atoms with E-state index in [2.05, 4.69) is 0 Å². The Morgan fingerprint density at radius 2 is 1.86 bits per heavy atom. The second kappa shape index (κ2) is 4.13. The smallest absolute Gasteiger partial charge is 0.479 e. The number of hydrogen-bond donors (Lipinski definition) is 2. The molecular formula is C3H6CrO3+3. The van der Waals surface area contributed by atoms with Gasteiger partial charge in [0.25, 0.3) is 0 Å². The third kappa shape index (κ3) is 5.96. The summed E-state index contributed by atoms with van der Waals surface area (Å²) in [5, 5.41) is 15.8. The van der Waals surface area contributed by atoms with E-state index in [0.717, 1.165) is 0 Å². The molecule has 1 unspecified atom stereocenters. The van der Waals surface area contributed by atoms with E-state index in [4.69, 9.17) is 10.2 Å². The monoisotopic (exact) mass is 142 g/mol. The summed E-state index contributed by atoms with van der Waals surface area (Å²) >= 11 is 0. The van der Waals surface area contributed by atoms with Crippen molar-refractivity contribution in [3.63, 3.8) is 0 Å². The molecule has 0 aliphatic rings. The van der Waals surface area contributed by atoms with Gasteiger partial charge in [-0.3, -0.25) is 0 Å². The zero-order chi connectivity index (χ0) is 5.15. The molecule has 0 aliphatic carbocycles. The number of carbonyl (C=O) groups is 1. The van der Waals surface area contributed by atoms with Crippen molar-refractivity contribution in [3.05, 3.63) is 0 Å². The third-order valence-corrected chi connectivity index (χ3v) is 0.357. The van der Waals surface area contributed by atoms with Gasteiger partial charge in [-0.25, -0.2) is 4.79 Å². The summed E-state index contributed by atoms with van der Waals surface area (Å²) in [5.74, 6) is -1.19. The van der Waals surface area contributed by atoms with Crippen LogP contribution in [-0.4, -0.2) is 22.3 Å². The Hall–Kier alpha value is -0.0375. The van der Waals surface area contributed by atoms with Crippen molar-refractivity contribution >= 4 is 5.97 Å². The van der Waals surface area contributed by atoms with E-state index in [1.807, 2.05) is 0 Å². The molecule has 0 saturated heterocycles. The van der Waals surface area contributed by atoms with Gasteiger partial charge in [0.1, 0.15) is 6.10 Å². The van der Waals surface area contributed by atoms with E-state index in [9.17, 15) is 4.79 Å². The van der Waals surface area contributed by atoms with E-state index in [1.54, 1.807) is 0 Å². The van der Waals surface area contributed by atoms with Crippen LogP contribution in [0.15, 0.2) is 0 Å². The van der Waals surface area contributed by atoms with Crippen LogP contribution in [-0.2, 0) is 22.2 Å². The number of aliphatic hydroxyl groups excluding tert-OH is 1. The van der Waals surface area contributed by atoms with E-state index in [1.165, 1.54) is 6.92 Å². The molecule has 0 rings (SSSR count). The van der Waals surface area contributed by atoms with Gasteiger partial charge in [0, 0.05) is 0 Å². The van der Waals surface area contributed by atoms with Crippen LogP contribution in [0, 0.1) is 0 Å². The van der Waals surface area contributed by atoms with Gasteiger partial charge in [0.05, 0.1) is 0 Å². The quantitative estimate of drug-likeness (QED) is 0.516. The molecule has 0 amide bonds. The first-order valence-electron chi connectivity index (χ1n) is 1.55. The topological polar surface area (TPSA) is 57.5 Å². The van der Waals surface area contributed by atoms with Crippen molar-refractivity contribution in [2.75, 3.05) is 0 Å². The summed E-state index contributed by atoms with van der Waals surface area (Å²) in [4.78, 5) is 9.45.